The molecule has 1 N–H and O–H groups in total. The van der Waals surface area contributed by atoms with E-state index in [0.29, 0.717) is 6.04 Å². The first-order valence-corrected chi connectivity index (χ1v) is 7.87. The van der Waals surface area contributed by atoms with Crippen molar-refractivity contribution in [1.29, 1.82) is 0 Å². The summed E-state index contributed by atoms with van der Waals surface area (Å²) in [4.78, 5) is 11.0. The molecule has 1 aromatic rings. The lowest BCUT2D eigenvalue weighted by molar-refractivity contribution is 0.661. The Hall–Kier alpha value is -0.970. The lowest BCUT2D eigenvalue weighted by Gasteiger charge is -2.25. The van der Waals surface area contributed by atoms with Crippen LogP contribution in [0.2, 0.25) is 0 Å². The molecule has 0 saturated carbocycles. The van der Waals surface area contributed by atoms with Crippen LogP contribution in [0.5, 0.6) is 0 Å². The van der Waals surface area contributed by atoms with Crippen molar-refractivity contribution in [3.05, 3.63) is 12.3 Å². The van der Waals surface area contributed by atoms with E-state index in [1.807, 2.05) is 24.0 Å². The van der Waals surface area contributed by atoms with Crippen LogP contribution in [0, 0.1) is 0 Å². The molecule has 0 bridgehead atoms. The van der Waals surface area contributed by atoms with E-state index in [9.17, 15) is 0 Å². The highest BCUT2D eigenvalue weighted by Gasteiger charge is 2.11. The monoisotopic (exact) mass is 268 g/mol. The molecule has 0 saturated heterocycles. The summed E-state index contributed by atoms with van der Waals surface area (Å²) in [5, 5.41) is 3.22. The van der Waals surface area contributed by atoms with E-state index in [4.69, 9.17) is 0 Å². The lowest BCUT2D eigenvalue weighted by Crippen LogP contribution is -2.30. The predicted octanol–water partition coefficient (Wildman–Crippen LogP) is 2.88. The molecule has 5 heteroatoms. The number of hydrogen-bond donors (Lipinski definition) is 1. The molecule has 1 aromatic heterocycles. The predicted molar refractivity (Wildman–Crippen MR) is 81.7 cm³/mol. The third kappa shape index (κ3) is 4.72. The zero-order valence-corrected chi connectivity index (χ0v) is 12.6. The van der Waals surface area contributed by atoms with Crippen molar-refractivity contribution in [3.8, 4) is 0 Å². The average Bonchev–Trinajstić information content (AvgIpc) is 2.42. The Morgan fingerprint density at radius 3 is 2.94 bits per heavy atom. The number of aromatic nitrogens is 2. The average molecular weight is 268 g/mol. The highest BCUT2D eigenvalue weighted by Crippen LogP contribution is 2.15. The molecular formula is C13H24N4S. The van der Waals surface area contributed by atoms with Gasteiger partial charge in [-0.15, -0.1) is 0 Å². The fraction of sp³-hybridized carbons (Fsp3) is 0.692. The van der Waals surface area contributed by atoms with E-state index in [0.717, 1.165) is 24.7 Å². The first-order chi connectivity index (χ1) is 8.69. The number of anilines is 2. The minimum Gasteiger partial charge on any atom is -0.357 e. The summed E-state index contributed by atoms with van der Waals surface area (Å²) in [6.45, 7) is 5.28. The zero-order chi connectivity index (χ0) is 13.4. The van der Waals surface area contributed by atoms with Gasteiger partial charge in [0.05, 0.1) is 0 Å². The van der Waals surface area contributed by atoms with Gasteiger partial charge in [0.15, 0.2) is 0 Å². The van der Waals surface area contributed by atoms with Crippen molar-refractivity contribution in [2.75, 3.05) is 35.8 Å². The van der Waals surface area contributed by atoms with Gasteiger partial charge in [0.2, 0.25) is 5.95 Å². The summed E-state index contributed by atoms with van der Waals surface area (Å²) < 4.78 is 0. The summed E-state index contributed by atoms with van der Waals surface area (Å²) in [7, 11) is 2.09. The van der Waals surface area contributed by atoms with Gasteiger partial charge in [0.1, 0.15) is 5.82 Å². The molecule has 0 aliphatic carbocycles. The summed E-state index contributed by atoms with van der Waals surface area (Å²) in [6, 6.07) is 2.46. The quantitative estimate of drug-likeness (QED) is 0.785. The smallest absolute Gasteiger partial charge is 0.224 e. The van der Waals surface area contributed by atoms with Crippen LogP contribution >= 0.6 is 11.8 Å². The van der Waals surface area contributed by atoms with Crippen molar-refractivity contribution >= 4 is 23.5 Å². The zero-order valence-electron chi connectivity index (χ0n) is 11.8. The standard InChI is InChI=1S/C13H24N4S/c1-5-8-14-13-15-9-6-12(16-13)17(3)11(2)7-10-18-4/h6,9,11H,5,7-8,10H2,1-4H3,(H,14,15,16). The molecule has 4 nitrogen and oxygen atoms in total. The summed E-state index contributed by atoms with van der Waals surface area (Å²) in [5.74, 6) is 2.88. The van der Waals surface area contributed by atoms with Crippen LogP contribution < -0.4 is 10.2 Å². The van der Waals surface area contributed by atoms with Crippen LogP contribution in [0.25, 0.3) is 0 Å². The second-order valence-corrected chi connectivity index (χ2v) is 5.39. The Morgan fingerprint density at radius 2 is 2.28 bits per heavy atom. The van der Waals surface area contributed by atoms with Crippen LogP contribution in [0.1, 0.15) is 26.7 Å². The van der Waals surface area contributed by atoms with Crippen LogP contribution in [-0.2, 0) is 0 Å². The van der Waals surface area contributed by atoms with E-state index in [-0.39, 0.29) is 0 Å². The second-order valence-electron chi connectivity index (χ2n) is 4.41. The molecule has 0 fully saturated rings. The van der Waals surface area contributed by atoms with E-state index in [1.54, 1.807) is 0 Å². The minimum absolute atomic E-state index is 0.492. The Bertz CT molecular complexity index is 346. The van der Waals surface area contributed by atoms with Crippen LogP contribution in [-0.4, -0.2) is 41.6 Å². The highest BCUT2D eigenvalue weighted by molar-refractivity contribution is 7.98. The number of nitrogens with zero attached hydrogens (tertiary/aromatic N) is 3. The van der Waals surface area contributed by atoms with E-state index in [2.05, 4.69) is 47.3 Å². The van der Waals surface area contributed by atoms with Gasteiger partial charge < -0.3 is 10.2 Å². The Kier molecular flexibility index (Phi) is 6.86. The number of nitrogens with one attached hydrogen (secondary N) is 1. The molecule has 1 atom stereocenters. The van der Waals surface area contributed by atoms with Gasteiger partial charge in [-0.2, -0.15) is 16.7 Å². The van der Waals surface area contributed by atoms with Crippen molar-refractivity contribution < 1.29 is 0 Å². The Morgan fingerprint density at radius 1 is 1.50 bits per heavy atom. The van der Waals surface area contributed by atoms with Gasteiger partial charge >= 0.3 is 0 Å². The van der Waals surface area contributed by atoms with E-state index in [1.165, 1.54) is 12.2 Å². The van der Waals surface area contributed by atoms with Gasteiger partial charge in [-0.05, 0) is 37.8 Å². The SMILES string of the molecule is CCCNc1nccc(N(C)C(C)CCSC)n1. The number of rotatable bonds is 8. The second kappa shape index (κ2) is 8.19. The largest absolute Gasteiger partial charge is 0.357 e. The fourth-order valence-electron chi connectivity index (χ4n) is 1.58. The molecule has 0 spiro atoms. The minimum atomic E-state index is 0.492. The van der Waals surface area contributed by atoms with Crippen molar-refractivity contribution in [3.63, 3.8) is 0 Å². The molecule has 1 heterocycles. The molecule has 1 rings (SSSR count). The third-order valence-electron chi connectivity index (χ3n) is 2.94. The van der Waals surface area contributed by atoms with Crippen molar-refractivity contribution in [2.24, 2.45) is 0 Å². The molecule has 102 valence electrons. The van der Waals surface area contributed by atoms with Crippen LogP contribution in [0.4, 0.5) is 11.8 Å². The molecule has 0 aliphatic heterocycles. The van der Waals surface area contributed by atoms with Gasteiger partial charge in [-0.3, -0.25) is 0 Å². The maximum absolute atomic E-state index is 4.54. The molecule has 0 aliphatic rings. The van der Waals surface area contributed by atoms with Gasteiger partial charge in [-0.25, -0.2) is 4.98 Å². The normalized spacial score (nSPS) is 12.2. The van der Waals surface area contributed by atoms with Crippen molar-refractivity contribution in [1.82, 2.24) is 9.97 Å². The first kappa shape index (κ1) is 15.1. The van der Waals surface area contributed by atoms with Crippen LogP contribution in [0.3, 0.4) is 0 Å². The van der Waals surface area contributed by atoms with E-state index < -0.39 is 0 Å². The Labute approximate surface area is 115 Å². The lowest BCUT2D eigenvalue weighted by atomic mass is 10.2. The van der Waals surface area contributed by atoms with Gasteiger partial charge in [-0.1, -0.05) is 6.92 Å². The summed E-state index contributed by atoms with van der Waals surface area (Å²) >= 11 is 1.89. The molecule has 18 heavy (non-hydrogen) atoms. The molecule has 1 unspecified atom stereocenters. The summed E-state index contributed by atoms with van der Waals surface area (Å²) in [6.07, 6.45) is 6.20. The molecule has 0 aromatic carbocycles. The maximum Gasteiger partial charge on any atom is 0.224 e. The highest BCUT2D eigenvalue weighted by atomic mass is 32.2. The van der Waals surface area contributed by atoms with Gasteiger partial charge in [0.25, 0.3) is 0 Å². The first-order valence-electron chi connectivity index (χ1n) is 6.47. The maximum atomic E-state index is 4.54. The number of hydrogen-bond acceptors (Lipinski definition) is 5. The van der Waals surface area contributed by atoms with Crippen molar-refractivity contribution in [2.45, 2.75) is 32.7 Å². The summed E-state index contributed by atoms with van der Waals surface area (Å²) in [5.41, 5.74) is 0. The Balaban J connectivity index is 2.63. The topological polar surface area (TPSA) is 41.1 Å². The molecular weight excluding hydrogens is 244 g/mol. The third-order valence-corrected chi connectivity index (χ3v) is 3.58. The molecule has 0 amide bonds. The fourth-order valence-corrected chi connectivity index (χ4v) is 2.15. The van der Waals surface area contributed by atoms with Crippen LogP contribution in [0.15, 0.2) is 12.3 Å². The number of thioether (sulfide) groups is 1. The van der Waals surface area contributed by atoms with E-state index >= 15 is 0 Å². The molecule has 0 radical (unpaired) electrons. The van der Waals surface area contributed by atoms with Gasteiger partial charge in [0, 0.05) is 25.8 Å².